The smallest absolute Gasteiger partial charge is 0.300 e. The number of aryl methyl sites for hydroxylation is 1. The third-order valence-corrected chi connectivity index (χ3v) is 5.63. The van der Waals surface area contributed by atoms with Crippen molar-refractivity contribution in [3.63, 3.8) is 0 Å². The van der Waals surface area contributed by atoms with Crippen LogP contribution in [0.25, 0.3) is 5.76 Å². The predicted octanol–water partition coefficient (Wildman–Crippen LogP) is 5.42. The maximum absolute atomic E-state index is 13.3. The summed E-state index contributed by atoms with van der Waals surface area (Å²) in [6.07, 6.45) is -0.0506. The molecule has 34 heavy (non-hydrogen) atoms. The molecule has 1 N–H and O–H groups in total. The Kier molecular flexibility index (Phi) is 6.41. The number of ketones is 1. The molecule has 0 aromatic heterocycles. The zero-order chi connectivity index (χ0) is 24.4. The van der Waals surface area contributed by atoms with Crippen molar-refractivity contribution in [3.8, 4) is 11.5 Å². The number of methoxy groups -OCH3 is 1. The van der Waals surface area contributed by atoms with E-state index in [1.807, 2.05) is 45.0 Å². The number of benzene rings is 3. The van der Waals surface area contributed by atoms with Crippen LogP contribution in [0.2, 0.25) is 0 Å². The van der Waals surface area contributed by atoms with Crippen molar-refractivity contribution in [2.75, 3.05) is 12.0 Å². The minimum Gasteiger partial charge on any atom is -0.507 e. The number of ether oxygens (including phenoxy) is 2. The van der Waals surface area contributed by atoms with Gasteiger partial charge in [0.2, 0.25) is 0 Å². The topological polar surface area (TPSA) is 76.1 Å². The quantitative estimate of drug-likeness (QED) is 0.304. The molecule has 0 aliphatic carbocycles. The van der Waals surface area contributed by atoms with Gasteiger partial charge in [-0.2, -0.15) is 0 Å². The van der Waals surface area contributed by atoms with Crippen LogP contribution in [-0.4, -0.2) is 30.0 Å². The number of carbonyl (C=O) groups is 2. The van der Waals surface area contributed by atoms with Crippen molar-refractivity contribution in [2.45, 2.75) is 32.9 Å². The van der Waals surface area contributed by atoms with Crippen LogP contribution in [-0.2, 0) is 9.59 Å². The molecule has 6 heteroatoms. The summed E-state index contributed by atoms with van der Waals surface area (Å²) in [5, 5.41) is 11.3. The molecule has 1 unspecified atom stereocenters. The monoisotopic (exact) mass is 457 g/mol. The van der Waals surface area contributed by atoms with E-state index in [0.717, 1.165) is 11.1 Å². The number of rotatable bonds is 6. The van der Waals surface area contributed by atoms with Crippen LogP contribution in [0.3, 0.4) is 0 Å². The summed E-state index contributed by atoms with van der Waals surface area (Å²) in [4.78, 5) is 28.0. The minimum absolute atomic E-state index is 0.0353. The van der Waals surface area contributed by atoms with Gasteiger partial charge in [0.15, 0.2) is 0 Å². The summed E-state index contributed by atoms with van der Waals surface area (Å²) in [6.45, 7) is 5.76. The number of carbonyl (C=O) groups excluding carboxylic acids is 2. The number of aliphatic hydroxyl groups excluding tert-OH is 1. The lowest BCUT2D eigenvalue weighted by molar-refractivity contribution is -0.132. The van der Waals surface area contributed by atoms with Gasteiger partial charge in [-0.15, -0.1) is 0 Å². The molecule has 1 amide bonds. The molecule has 6 nitrogen and oxygen atoms in total. The Morgan fingerprint density at radius 2 is 1.65 bits per heavy atom. The highest BCUT2D eigenvalue weighted by Gasteiger charge is 2.47. The van der Waals surface area contributed by atoms with E-state index in [4.69, 9.17) is 9.47 Å². The molecule has 1 saturated heterocycles. The standard InChI is InChI=1S/C28H27NO5/c1-17(2)34-23-10-6-9-20(16-23)26(30)24-25(19-8-5-7-18(3)15-19)29(28(32)27(24)31)21-11-13-22(33-4)14-12-21/h5-17,25,30H,1-4H3/b26-24-. The summed E-state index contributed by atoms with van der Waals surface area (Å²) in [5.41, 5.74) is 2.68. The van der Waals surface area contributed by atoms with E-state index in [1.165, 1.54) is 4.90 Å². The molecule has 0 spiro atoms. The Bertz CT molecular complexity index is 1260. The van der Waals surface area contributed by atoms with Gasteiger partial charge in [0, 0.05) is 11.3 Å². The first-order valence-electron chi connectivity index (χ1n) is 11.1. The van der Waals surface area contributed by atoms with Crippen LogP contribution >= 0.6 is 0 Å². The number of hydrogen-bond donors (Lipinski definition) is 1. The van der Waals surface area contributed by atoms with Crippen LogP contribution < -0.4 is 14.4 Å². The summed E-state index contributed by atoms with van der Waals surface area (Å²) >= 11 is 0. The van der Waals surface area contributed by atoms with E-state index in [1.54, 1.807) is 55.6 Å². The Morgan fingerprint density at radius 1 is 0.941 bits per heavy atom. The van der Waals surface area contributed by atoms with Crippen molar-refractivity contribution in [3.05, 3.63) is 95.1 Å². The average Bonchev–Trinajstić information content (AvgIpc) is 3.09. The second-order valence-electron chi connectivity index (χ2n) is 8.48. The summed E-state index contributed by atoms with van der Waals surface area (Å²) < 4.78 is 11.0. The van der Waals surface area contributed by atoms with E-state index in [-0.39, 0.29) is 17.4 Å². The number of hydrogen-bond acceptors (Lipinski definition) is 5. The molecule has 4 rings (SSSR count). The first-order valence-corrected chi connectivity index (χ1v) is 11.1. The van der Waals surface area contributed by atoms with Gasteiger partial charge in [-0.25, -0.2) is 0 Å². The maximum atomic E-state index is 13.3. The minimum atomic E-state index is -0.789. The molecule has 174 valence electrons. The molecule has 0 radical (unpaired) electrons. The normalized spacial score (nSPS) is 17.3. The summed E-state index contributed by atoms with van der Waals surface area (Å²) in [6, 6.07) is 20.6. The van der Waals surface area contributed by atoms with Crippen LogP contribution in [0.15, 0.2) is 78.4 Å². The molecule has 0 bridgehead atoms. The fraction of sp³-hybridized carbons (Fsp3) is 0.214. The molecule has 1 heterocycles. The van der Waals surface area contributed by atoms with Crippen LogP contribution in [0.1, 0.15) is 36.6 Å². The zero-order valence-corrected chi connectivity index (χ0v) is 19.6. The second-order valence-corrected chi connectivity index (χ2v) is 8.48. The maximum Gasteiger partial charge on any atom is 0.300 e. The SMILES string of the molecule is COc1ccc(N2C(=O)C(=O)/C(=C(\O)c3cccc(OC(C)C)c3)C2c2cccc(C)c2)cc1. The average molecular weight is 458 g/mol. The number of aliphatic hydroxyl groups is 1. The lowest BCUT2D eigenvalue weighted by Gasteiger charge is -2.26. The highest BCUT2D eigenvalue weighted by molar-refractivity contribution is 6.51. The number of amides is 1. The van der Waals surface area contributed by atoms with Crippen molar-refractivity contribution in [2.24, 2.45) is 0 Å². The van der Waals surface area contributed by atoms with E-state index >= 15 is 0 Å². The van der Waals surface area contributed by atoms with E-state index < -0.39 is 17.7 Å². The Morgan fingerprint density at radius 3 is 2.29 bits per heavy atom. The van der Waals surface area contributed by atoms with E-state index in [9.17, 15) is 14.7 Å². The number of nitrogens with zero attached hydrogens (tertiary/aromatic N) is 1. The van der Waals surface area contributed by atoms with Crippen LogP contribution in [0.4, 0.5) is 5.69 Å². The Hall–Kier alpha value is -4.06. The van der Waals surface area contributed by atoms with Gasteiger partial charge >= 0.3 is 0 Å². The zero-order valence-electron chi connectivity index (χ0n) is 19.6. The Labute approximate surface area is 199 Å². The summed E-state index contributed by atoms with van der Waals surface area (Å²) in [5.74, 6) is -0.483. The van der Waals surface area contributed by atoms with Gasteiger partial charge in [-0.1, -0.05) is 42.0 Å². The predicted molar refractivity (Wildman–Crippen MR) is 131 cm³/mol. The molecular weight excluding hydrogens is 430 g/mol. The van der Waals surface area contributed by atoms with Crippen LogP contribution in [0.5, 0.6) is 11.5 Å². The highest BCUT2D eigenvalue weighted by atomic mass is 16.5. The lowest BCUT2D eigenvalue weighted by atomic mass is 9.94. The number of Topliss-reactive ketones (excluding diaryl/α,β-unsaturated/α-hetero) is 1. The fourth-order valence-electron chi connectivity index (χ4n) is 4.14. The van der Waals surface area contributed by atoms with Crippen molar-refractivity contribution >= 4 is 23.1 Å². The van der Waals surface area contributed by atoms with Gasteiger partial charge in [0.25, 0.3) is 11.7 Å². The van der Waals surface area contributed by atoms with Crippen molar-refractivity contribution in [1.82, 2.24) is 0 Å². The Balaban J connectivity index is 1.89. The van der Waals surface area contributed by atoms with E-state index in [2.05, 4.69) is 0 Å². The third-order valence-electron chi connectivity index (χ3n) is 5.63. The third kappa shape index (κ3) is 4.39. The molecule has 1 aliphatic rings. The van der Waals surface area contributed by atoms with Crippen LogP contribution in [0, 0.1) is 6.92 Å². The molecule has 3 aromatic rings. The highest BCUT2D eigenvalue weighted by Crippen LogP contribution is 2.42. The first kappa shape index (κ1) is 23.1. The lowest BCUT2D eigenvalue weighted by Crippen LogP contribution is -2.29. The van der Waals surface area contributed by atoms with Gasteiger partial charge in [-0.3, -0.25) is 14.5 Å². The van der Waals surface area contributed by atoms with Gasteiger partial charge < -0.3 is 14.6 Å². The van der Waals surface area contributed by atoms with Crippen molar-refractivity contribution < 1.29 is 24.2 Å². The molecule has 1 atom stereocenters. The second kappa shape index (κ2) is 9.43. The molecule has 3 aromatic carbocycles. The molecular formula is C28H27NO5. The molecule has 0 saturated carbocycles. The van der Waals surface area contributed by atoms with Gasteiger partial charge in [0.1, 0.15) is 17.3 Å². The van der Waals surface area contributed by atoms with E-state index in [0.29, 0.717) is 22.7 Å². The largest absolute Gasteiger partial charge is 0.507 e. The van der Waals surface area contributed by atoms with Gasteiger partial charge in [0.05, 0.1) is 24.8 Å². The summed E-state index contributed by atoms with van der Waals surface area (Å²) in [7, 11) is 1.56. The van der Waals surface area contributed by atoms with Gasteiger partial charge in [-0.05, 0) is 62.7 Å². The number of anilines is 1. The van der Waals surface area contributed by atoms with Crippen molar-refractivity contribution in [1.29, 1.82) is 0 Å². The molecule has 1 fully saturated rings. The first-order chi connectivity index (χ1) is 16.3. The molecule has 1 aliphatic heterocycles. The fourth-order valence-corrected chi connectivity index (χ4v) is 4.14.